The minimum absolute atomic E-state index is 0.123. The van der Waals surface area contributed by atoms with Gasteiger partial charge in [-0.05, 0) is 31.0 Å². The monoisotopic (exact) mass is 399 g/mol. The Morgan fingerprint density at radius 1 is 1.17 bits per heavy atom. The van der Waals surface area contributed by atoms with Gasteiger partial charge in [-0.15, -0.1) is 0 Å². The van der Waals surface area contributed by atoms with Gasteiger partial charge in [-0.3, -0.25) is 4.79 Å². The van der Waals surface area contributed by atoms with Crippen molar-refractivity contribution >= 4 is 27.9 Å². The Morgan fingerprint density at radius 3 is 2.67 bits per heavy atom. The van der Waals surface area contributed by atoms with Crippen molar-refractivity contribution in [2.75, 3.05) is 6.54 Å². The van der Waals surface area contributed by atoms with Crippen molar-refractivity contribution in [3.8, 4) is 0 Å². The molecule has 0 unspecified atom stereocenters. The molecule has 1 fully saturated rings. The number of rotatable bonds is 6. The smallest absolute Gasteiger partial charge is 0.315 e. The highest BCUT2D eigenvalue weighted by Crippen LogP contribution is 2.17. The largest absolute Gasteiger partial charge is 0.352 e. The van der Waals surface area contributed by atoms with Crippen LogP contribution in [0.15, 0.2) is 22.7 Å². The van der Waals surface area contributed by atoms with Crippen molar-refractivity contribution in [2.24, 2.45) is 0 Å². The van der Waals surface area contributed by atoms with Crippen molar-refractivity contribution in [3.63, 3.8) is 0 Å². The minimum atomic E-state index is -0.358. The van der Waals surface area contributed by atoms with E-state index in [0.717, 1.165) is 30.2 Å². The summed E-state index contributed by atoms with van der Waals surface area (Å²) in [7, 11) is 0. The maximum atomic E-state index is 13.6. The summed E-state index contributed by atoms with van der Waals surface area (Å²) in [4.78, 5) is 23.5. The first-order valence-corrected chi connectivity index (χ1v) is 9.09. The number of urea groups is 1. The van der Waals surface area contributed by atoms with Gasteiger partial charge >= 0.3 is 6.03 Å². The molecule has 3 N–H and O–H groups in total. The number of carbonyl (C=O) groups excluding carboxylic acids is 2. The van der Waals surface area contributed by atoms with Crippen LogP contribution in [0.2, 0.25) is 0 Å². The van der Waals surface area contributed by atoms with Crippen LogP contribution >= 0.6 is 15.9 Å². The molecule has 0 saturated heterocycles. The van der Waals surface area contributed by atoms with E-state index in [2.05, 4.69) is 31.9 Å². The van der Waals surface area contributed by atoms with E-state index < -0.39 is 0 Å². The van der Waals surface area contributed by atoms with E-state index >= 15 is 0 Å². The summed E-state index contributed by atoms with van der Waals surface area (Å²) in [5.41, 5.74) is 0.417. The van der Waals surface area contributed by atoms with Crippen LogP contribution in [0.1, 0.15) is 44.1 Å². The van der Waals surface area contributed by atoms with Crippen molar-refractivity contribution in [1.82, 2.24) is 16.0 Å². The lowest BCUT2D eigenvalue weighted by Gasteiger charge is -2.22. The molecule has 1 aliphatic rings. The predicted molar refractivity (Wildman–Crippen MR) is 94.0 cm³/mol. The molecule has 0 atom stereocenters. The number of halogens is 2. The molecule has 0 aromatic heterocycles. The van der Waals surface area contributed by atoms with Crippen LogP contribution in [0, 0.1) is 5.82 Å². The van der Waals surface area contributed by atoms with Gasteiger partial charge in [0.25, 0.3) is 0 Å². The molecule has 1 aliphatic carbocycles. The van der Waals surface area contributed by atoms with E-state index in [9.17, 15) is 14.0 Å². The fourth-order valence-electron chi connectivity index (χ4n) is 2.73. The molecule has 7 heteroatoms. The van der Waals surface area contributed by atoms with E-state index in [4.69, 9.17) is 0 Å². The standard InChI is InChI=1S/C17H23BrFN3O2/c18-13-6-7-15(19)12(10-13)11-21-16(23)8-9-20-17(24)22-14-4-2-1-3-5-14/h6-7,10,14H,1-5,8-9,11H2,(H,21,23)(H2,20,22,24). The van der Waals surface area contributed by atoms with E-state index in [-0.39, 0.29) is 43.3 Å². The Kier molecular flexibility index (Phi) is 7.49. The number of carbonyl (C=O) groups is 2. The second-order valence-corrected chi connectivity index (χ2v) is 6.91. The topological polar surface area (TPSA) is 70.2 Å². The molecular formula is C17H23BrFN3O2. The maximum Gasteiger partial charge on any atom is 0.315 e. The fourth-order valence-corrected chi connectivity index (χ4v) is 3.14. The Morgan fingerprint density at radius 2 is 1.92 bits per heavy atom. The van der Waals surface area contributed by atoms with Crippen LogP contribution in [0.25, 0.3) is 0 Å². The molecule has 0 bridgehead atoms. The van der Waals surface area contributed by atoms with E-state index in [1.54, 1.807) is 12.1 Å². The second kappa shape index (κ2) is 9.61. The highest BCUT2D eigenvalue weighted by molar-refractivity contribution is 9.10. The van der Waals surface area contributed by atoms with Crippen LogP contribution in [0.5, 0.6) is 0 Å². The molecule has 1 saturated carbocycles. The summed E-state index contributed by atoms with van der Waals surface area (Å²) in [6, 6.07) is 4.60. The first kappa shape index (κ1) is 18.7. The van der Waals surface area contributed by atoms with E-state index in [1.807, 2.05) is 0 Å². The van der Waals surface area contributed by atoms with Crippen LogP contribution in [0.4, 0.5) is 9.18 Å². The van der Waals surface area contributed by atoms with Crippen molar-refractivity contribution in [1.29, 1.82) is 0 Å². The lowest BCUT2D eigenvalue weighted by atomic mass is 9.96. The maximum absolute atomic E-state index is 13.6. The predicted octanol–water partition coefficient (Wildman–Crippen LogP) is 3.23. The third kappa shape index (κ3) is 6.47. The average Bonchev–Trinajstić information content (AvgIpc) is 2.56. The molecule has 1 aromatic carbocycles. The third-order valence-electron chi connectivity index (χ3n) is 4.06. The van der Waals surface area contributed by atoms with Gasteiger partial charge in [-0.1, -0.05) is 35.2 Å². The Labute approximate surface area is 149 Å². The number of benzene rings is 1. The lowest BCUT2D eigenvalue weighted by Crippen LogP contribution is -2.43. The summed E-state index contributed by atoms with van der Waals surface area (Å²) in [5, 5.41) is 8.27. The van der Waals surface area contributed by atoms with Crippen molar-refractivity contribution < 1.29 is 14.0 Å². The van der Waals surface area contributed by atoms with Crippen LogP contribution in [-0.2, 0) is 11.3 Å². The lowest BCUT2D eigenvalue weighted by molar-refractivity contribution is -0.121. The molecule has 0 radical (unpaired) electrons. The Bertz CT molecular complexity index is 577. The number of hydrogen-bond acceptors (Lipinski definition) is 2. The van der Waals surface area contributed by atoms with Gasteiger partial charge < -0.3 is 16.0 Å². The van der Waals surface area contributed by atoms with Crippen molar-refractivity contribution in [2.45, 2.75) is 51.1 Å². The minimum Gasteiger partial charge on any atom is -0.352 e. The molecule has 3 amide bonds. The fraction of sp³-hybridized carbons (Fsp3) is 0.529. The zero-order valence-corrected chi connectivity index (χ0v) is 15.1. The normalized spacial score (nSPS) is 14.9. The van der Waals surface area contributed by atoms with Gasteiger partial charge in [0.2, 0.25) is 5.91 Å². The zero-order valence-electron chi connectivity index (χ0n) is 13.5. The Hall–Kier alpha value is -1.63. The molecule has 1 aromatic rings. The molecular weight excluding hydrogens is 377 g/mol. The molecule has 2 rings (SSSR count). The van der Waals surface area contributed by atoms with Gasteiger partial charge in [0.05, 0.1) is 0 Å². The number of nitrogens with one attached hydrogen (secondary N) is 3. The van der Waals surface area contributed by atoms with E-state index in [1.165, 1.54) is 12.5 Å². The summed E-state index contributed by atoms with van der Waals surface area (Å²) < 4.78 is 14.3. The van der Waals surface area contributed by atoms with Crippen LogP contribution in [0.3, 0.4) is 0 Å². The average molecular weight is 400 g/mol. The molecule has 5 nitrogen and oxygen atoms in total. The number of hydrogen-bond donors (Lipinski definition) is 3. The quantitative estimate of drug-likeness (QED) is 0.686. The molecule has 24 heavy (non-hydrogen) atoms. The molecule has 132 valence electrons. The number of amides is 3. The summed E-state index contributed by atoms with van der Waals surface area (Å²) in [5.74, 6) is -0.587. The zero-order chi connectivity index (χ0) is 17.4. The van der Waals surface area contributed by atoms with Gasteiger partial charge in [0.15, 0.2) is 0 Å². The van der Waals surface area contributed by atoms with Crippen LogP contribution in [-0.4, -0.2) is 24.5 Å². The summed E-state index contributed by atoms with van der Waals surface area (Å²) in [6.07, 6.45) is 5.74. The highest BCUT2D eigenvalue weighted by Gasteiger charge is 2.15. The summed E-state index contributed by atoms with van der Waals surface area (Å²) in [6.45, 7) is 0.379. The molecule has 0 spiro atoms. The van der Waals surface area contributed by atoms with Gasteiger partial charge in [0.1, 0.15) is 5.82 Å². The highest BCUT2D eigenvalue weighted by atomic mass is 79.9. The first-order chi connectivity index (χ1) is 11.5. The molecule has 0 heterocycles. The van der Waals surface area contributed by atoms with Crippen LogP contribution < -0.4 is 16.0 Å². The second-order valence-electron chi connectivity index (χ2n) is 6.00. The van der Waals surface area contributed by atoms with Gasteiger partial charge in [0, 0.05) is 35.6 Å². The third-order valence-corrected chi connectivity index (χ3v) is 4.56. The Balaban J connectivity index is 1.62. The van der Waals surface area contributed by atoms with Gasteiger partial charge in [-0.2, -0.15) is 0 Å². The SMILES string of the molecule is O=C(CCNC(=O)NC1CCCCC1)NCc1cc(Br)ccc1F. The summed E-state index contributed by atoms with van der Waals surface area (Å²) >= 11 is 3.27. The molecule has 0 aliphatic heterocycles. The van der Waals surface area contributed by atoms with Crippen molar-refractivity contribution in [3.05, 3.63) is 34.1 Å². The van der Waals surface area contributed by atoms with E-state index in [0.29, 0.717) is 5.56 Å². The first-order valence-electron chi connectivity index (χ1n) is 8.29. The van der Waals surface area contributed by atoms with Gasteiger partial charge in [-0.25, -0.2) is 9.18 Å².